The zero-order valence-corrected chi connectivity index (χ0v) is 9.30. The van der Waals surface area contributed by atoms with Gasteiger partial charge in [-0.05, 0) is 26.0 Å². The van der Waals surface area contributed by atoms with Crippen LogP contribution in [-0.4, -0.2) is 11.4 Å². The molecule has 1 rings (SSSR count). The minimum atomic E-state index is -0.893. The largest absolute Gasteiger partial charge is 0.334 e. The van der Waals surface area contributed by atoms with E-state index in [2.05, 4.69) is 5.32 Å². The van der Waals surface area contributed by atoms with E-state index in [1.807, 2.05) is 6.07 Å². The second kappa shape index (κ2) is 4.33. The van der Waals surface area contributed by atoms with Gasteiger partial charge in [0.05, 0.1) is 16.7 Å². The molecule has 1 aromatic rings. The Labute approximate surface area is 93.7 Å². The average Bonchev–Trinajstić information content (AvgIpc) is 2.17. The van der Waals surface area contributed by atoms with Gasteiger partial charge in [-0.1, -0.05) is 23.7 Å². The summed E-state index contributed by atoms with van der Waals surface area (Å²) in [7, 11) is 0. The Morgan fingerprint density at radius 3 is 2.60 bits per heavy atom. The fraction of sp³-hybridized carbons (Fsp3) is 0.273. The van der Waals surface area contributed by atoms with Gasteiger partial charge < -0.3 is 5.32 Å². The molecular formula is C11H11ClN2O. The number of carbonyl (C=O) groups is 1. The number of halogens is 1. The summed E-state index contributed by atoms with van der Waals surface area (Å²) in [6, 6.07) is 8.70. The lowest BCUT2D eigenvalue weighted by Crippen LogP contribution is -2.42. The van der Waals surface area contributed by atoms with Crippen molar-refractivity contribution in [3.05, 3.63) is 34.9 Å². The molecule has 0 bridgehead atoms. The molecule has 1 N–H and O–H groups in total. The summed E-state index contributed by atoms with van der Waals surface area (Å²) in [6.45, 7) is 3.25. The molecule has 1 aromatic carbocycles. The highest BCUT2D eigenvalue weighted by atomic mass is 35.5. The molecule has 0 aliphatic heterocycles. The molecule has 0 radical (unpaired) electrons. The zero-order valence-electron chi connectivity index (χ0n) is 8.54. The molecule has 1 amide bonds. The summed E-state index contributed by atoms with van der Waals surface area (Å²) in [6.07, 6.45) is 0. The Bertz CT molecular complexity index is 421. The first-order valence-corrected chi connectivity index (χ1v) is 4.82. The van der Waals surface area contributed by atoms with Crippen LogP contribution in [0.4, 0.5) is 0 Å². The lowest BCUT2D eigenvalue weighted by atomic mass is 10.1. The standard InChI is InChI=1S/C11H11ClN2O/c1-11(2,7-13)14-10(15)8-5-3-4-6-9(8)12/h3-6H,1-2H3,(H,14,15). The molecule has 78 valence electrons. The highest BCUT2D eigenvalue weighted by Gasteiger charge is 2.21. The number of rotatable bonds is 2. The third kappa shape index (κ3) is 2.97. The number of benzene rings is 1. The van der Waals surface area contributed by atoms with Crippen LogP contribution >= 0.6 is 11.6 Å². The predicted molar refractivity (Wildman–Crippen MR) is 58.6 cm³/mol. The molecule has 0 aliphatic rings. The molecule has 0 aromatic heterocycles. The molecule has 0 atom stereocenters. The van der Waals surface area contributed by atoms with Gasteiger partial charge in [-0.3, -0.25) is 4.79 Å². The molecule has 0 saturated heterocycles. The summed E-state index contributed by atoms with van der Waals surface area (Å²) >= 11 is 5.85. The monoisotopic (exact) mass is 222 g/mol. The maximum absolute atomic E-state index is 11.7. The maximum atomic E-state index is 11.7. The minimum Gasteiger partial charge on any atom is -0.334 e. The van der Waals surface area contributed by atoms with Crippen LogP contribution in [0.3, 0.4) is 0 Å². The predicted octanol–water partition coefficient (Wildman–Crippen LogP) is 2.37. The average molecular weight is 223 g/mol. The SMILES string of the molecule is CC(C)(C#N)NC(=O)c1ccccc1Cl. The van der Waals surface area contributed by atoms with Crippen LogP contribution in [0.2, 0.25) is 5.02 Å². The van der Waals surface area contributed by atoms with Crippen molar-refractivity contribution < 1.29 is 4.79 Å². The second-order valence-corrected chi connectivity index (χ2v) is 4.08. The van der Waals surface area contributed by atoms with Gasteiger partial charge in [0.1, 0.15) is 5.54 Å². The van der Waals surface area contributed by atoms with Crippen molar-refractivity contribution in [2.24, 2.45) is 0 Å². The molecule has 0 spiro atoms. The minimum absolute atomic E-state index is 0.341. The number of amides is 1. The summed E-state index contributed by atoms with van der Waals surface area (Å²) in [5.41, 5.74) is -0.515. The number of hydrogen-bond donors (Lipinski definition) is 1. The van der Waals surface area contributed by atoms with Gasteiger partial charge in [-0.15, -0.1) is 0 Å². The first kappa shape index (κ1) is 11.5. The summed E-state index contributed by atoms with van der Waals surface area (Å²) in [5, 5.41) is 11.7. The first-order chi connectivity index (χ1) is 6.96. The van der Waals surface area contributed by atoms with E-state index in [0.29, 0.717) is 10.6 Å². The van der Waals surface area contributed by atoms with Gasteiger partial charge in [0.25, 0.3) is 5.91 Å². The molecule has 15 heavy (non-hydrogen) atoms. The topological polar surface area (TPSA) is 52.9 Å². The number of hydrogen-bond acceptors (Lipinski definition) is 2. The van der Waals surface area contributed by atoms with Crippen LogP contribution in [0.25, 0.3) is 0 Å². The van der Waals surface area contributed by atoms with Crippen molar-refractivity contribution in [2.45, 2.75) is 19.4 Å². The second-order valence-electron chi connectivity index (χ2n) is 3.67. The first-order valence-electron chi connectivity index (χ1n) is 4.44. The van der Waals surface area contributed by atoms with Crippen molar-refractivity contribution in [1.29, 1.82) is 5.26 Å². The number of carbonyl (C=O) groups excluding carboxylic acids is 1. The van der Waals surface area contributed by atoms with Gasteiger partial charge in [0.2, 0.25) is 0 Å². The molecule has 0 heterocycles. The number of nitrogens with zero attached hydrogens (tertiary/aromatic N) is 1. The van der Waals surface area contributed by atoms with E-state index in [4.69, 9.17) is 16.9 Å². The van der Waals surface area contributed by atoms with E-state index in [9.17, 15) is 4.79 Å². The summed E-state index contributed by atoms with van der Waals surface area (Å²) in [4.78, 5) is 11.7. The van der Waals surface area contributed by atoms with Crippen LogP contribution in [0.1, 0.15) is 24.2 Å². The van der Waals surface area contributed by atoms with Gasteiger partial charge >= 0.3 is 0 Å². The zero-order chi connectivity index (χ0) is 11.5. The van der Waals surface area contributed by atoms with E-state index in [0.717, 1.165) is 0 Å². The van der Waals surface area contributed by atoms with Crippen molar-refractivity contribution in [3.63, 3.8) is 0 Å². The Kier molecular flexibility index (Phi) is 3.33. The Hall–Kier alpha value is -1.53. The van der Waals surface area contributed by atoms with E-state index < -0.39 is 5.54 Å². The van der Waals surface area contributed by atoms with Crippen molar-refractivity contribution in [1.82, 2.24) is 5.32 Å². The van der Waals surface area contributed by atoms with Crippen LogP contribution < -0.4 is 5.32 Å². The third-order valence-corrected chi connectivity index (χ3v) is 2.15. The summed E-state index contributed by atoms with van der Waals surface area (Å²) < 4.78 is 0. The highest BCUT2D eigenvalue weighted by molar-refractivity contribution is 6.33. The number of nitriles is 1. The van der Waals surface area contributed by atoms with Gasteiger partial charge in [-0.25, -0.2) is 0 Å². The molecular weight excluding hydrogens is 212 g/mol. The number of nitrogens with one attached hydrogen (secondary N) is 1. The molecule has 0 saturated carbocycles. The Morgan fingerprint density at radius 1 is 1.47 bits per heavy atom. The lowest BCUT2D eigenvalue weighted by Gasteiger charge is -2.17. The highest BCUT2D eigenvalue weighted by Crippen LogP contribution is 2.15. The maximum Gasteiger partial charge on any atom is 0.254 e. The van der Waals surface area contributed by atoms with E-state index >= 15 is 0 Å². The quantitative estimate of drug-likeness (QED) is 0.835. The smallest absolute Gasteiger partial charge is 0.254 e. The Balaban J connectivity index is 2.89. The van der Waals surface area contributed by atoms with E-state index in [-0.39, 0.29) is 5.91 Å². The van der Waals surface area contributed by atoms with Crippen molar-refractivity contribution in [3.8, 4) is 6.07 Å². The molecule has 0 fully saturated rings. The van der Waals surface area contributed by atoms with Gasteiger partial charge in [-0.2, -0.15) is 5.26 Å². The molecule has 3 nitrogen and oxygen atoms in total. The normalized spacial score (nSPS) is 10.5. The van der Waals surface area contributed by atoms with E-state index in [1.54, 1.807) is 38.1 Å². The fourth-order valence-corrected chi connectivity index (χ4v) is 1.25. The van der Waals surface area contributed by atoms with Crippen LogP contribution in [-0.2, 0) is 0 Å². The lowest BCUT2D eigenvalue weighted by molar-refractivity contribution is 0.0929. The Morgan fingerprint density at radius 2 is 2.07 bits per heavy atom. The fourth-order valence-electron chi connectivity index (χ4n) is 1.02. The molecule has 4 heteroatoms. The molecule has 0 aliphatic carbocycles. The summed E-state index contributed by atoms with van der Waals surface area (Å²) in [5.74, 6) is -0.341. The third-order valence-electron chi connectivity index (χ3n) is 1.82. The van der Waals surface area contributed by atoms with Crippen LogP contribution in [0, 0.1) is 11.3 Å². The van der Waals surface area contributed by atoms with Crippen LogP contribution in [0.5, 0.6) is 0 Å². The van der Waals surface area contributed by atoms with E-state index in [1.165, 1.54) is 0 Å². The molecule has 0 unspecified atom stereocenters. The van der Waals surface area contributed by atoms with Gasteiger partial charge in [0.15, 0.2) is 0 Å². The van der Waals surface area contributed by atoms with Crippen molar-refractivity contribution >= 4 is 17.5 Å². The van der Waals surface area contributed by atoms with Gasteiger partial charge in [0, 0.05) is 0 Å². The van der Waals surface area contributed by atoms with Crippen LogP contribution in [0.15, 0.2) is 24.3 Å². The van der Waals surface area contributed by atoms with Crippen molar-refractivity contribution in [2.75, 3.05) is 0 Å².